The van der Waals surface area contributed by atoms with Crippen molar-refractivity contribution in [3.8, 4) is 0 Å². The number of hydrogen-bond donors (Lipinski definition) is 1. The Morgan fingerprint density at radius 1 is 0.282 bits per heavy atom. The molecular weight excluding hydrogens is 1040 g/mol. The van der Waals surface area contributed by atoms with Crippen LogP contribution < -0.4 is 5.32 Å². The van der Waals surface area contributed by atoms with E-state index in [4.69, 9.17) is 9.47 Å². The van der Waals surface area contributed by atoms with E-state index in [9.17, 15) is 0 Å². The first-order chi connectivity index (χ1) is 42.2. The van der Waals surface area contributed by atoms with E-state index in [0.29, 0.717) is 0 Å². The van der Waals surface area contributed by atoms with Crippen LogP contribution in [0.4, 0.5) is 0 Å². The van der Waals surface area contributed by atoms with Crippen molar-refractivity contribution in [3.05, 3.63) is 93.5 Å². The van der Waals surface area contributed by atoms with Crippen LogP contribution in [0.2, 0.25) is 0 Å². The van der Waals surface area contributed by atoms with Crippen molar-refractivity contribution in [1.82, 2.24) is 5.32 Å². The average Bonchev–Trinajstić information content (AvgIpc) is 1.36. The summed E-state index contributed by atoms with van der Waals surface area (Å²) in [6.07, 6.45) is 0. The number of carbonyl (C=O) groups excluding carboxylic acids is 2. The Bertz CT molecular complexity index is 7580. The second kappa shape index (κ2) is 8.64. The quantitative estimate of drug-likeness (QED) is 0.0886. The number of carbonyl (C=O) groups is 2. The molecule has 0 radical (unpaired) electrons. The predicted molar refractivity (Wildman–Crippen MR) is 346 cm³/mol. The topological polar surface area (TPSA) is 64.6 Å². The summed E-state index contributed by atoms with van der Waals surface area (Å²) in [5, 5.41) is 83.3. The highest BCUT2D eigenvalue weighted by Crippen LogP contribution is 2.96. The molecule has 1 fully saturated rings. The highest BCUT2D eigenvalue weighted by atomic mass is 16.6. The summed E-state index contributed by atoms with van der Waals surface area (Å²) in [5.74, 6) is -0.829. The molecule has 30 aromatic carbocycles. The largest absolute Gasteiger partial charge is 0.465 e. The van der Waals surface area contributed by atoms with Gasteiger partial charge in [-0.3, -0.25) is 9.59 Å². The molecule has 5 nitrogen and oxygen atoms in total. The minimum atomic E-state index is -1.76. The van der Waals surface area contributed by atoms with Crippen LogP contribution in [0.5, 0.6) is 0 Å². The summed E-state index contributed by atoms with van der Waals surface area (Å²) in [6, 6.07) is 19.1. The van der Waals surface area contributed by atoms with Crippen molar-refractivity contribution >= 4 is 303 Å². The van der Waals surface area contributed by atoms with Crippen LogP contribution >= 0.6 is 0 Å². The number of hydrogen-bond acceptors (Lipinski definition) is 5. The first-order valence-electron chi connectivity index (χ1n) is 31.1. The zero-order valence-corrected chi connectivity index (χ0v) is 44.2. The summed E-state index contributed by atoms with van der Waals surface area (Å²) in [6.45, 7) is 3.67. The monoisotopic (exact) mass is 1060 g/mol. The standard InChI is InChI=1S/C80H21NO4/c1-2-84-76(82)80(77(83)85-14-17-10-8-16(9-11-17)13-81-12-15-6-4-3-5-7-15)78-72-64-56-46-36-28-20-18-19-22-26-24(20)32-40-34(26)44-38-30(22)31-23(19)27-25-21(18)29(28)37-43-33(25)41-35(27)45-39(31)49-48(38)58-52(44)62-54(40)60(50(56)42(32)36)68(72)70(62)74-66(58)67-59(49)53(45)63-55(41)61-51(43)57(47(37)46)65(64)73(78)69(61)71(63)75(67)79(74,78)80/h3-11,81H,2,12-14H2,1H3. The van der Waals surface area contributed by atoms with Crippen molar-refractivity contribution in [2.24, 2.45) is 5.41 Å². The second-order valence-electron chi connectivity index (χ2n) is 29.2. The Kier molecular flexibility index (Phi) is 3.56. The first kappa shape index (κ1) is 35.1. The third-order valence-corrected chi connectivity index (χ3v) is 28.2. The first-order valence-corrected chi connectivity index (χ1v) is 31.1. The fourth-order valence-electron chi connectivity index (χ4n) is 27.5. The third kappa shape index (κ3) is 2.13. The average molecular weight is 1060 g/mol. The van der Waals surface area contributed by atoms with Gasteiger partial charge in [-0.2, -0.15) is 0 Å². The molecule has 370 valence electrons. The van der Waals surface area contributed by atoms with E-state index in [1.807, 2.05) is 6.92 Å². The van der Waals surface area contributed by atoms with E-state index in [1.165, 1.54) is 265 Å². The van der Waals surface area contributed by atoms with Gasteiger partial charge >= 0.3 is 11.9 Å². The lowest BCUT2D eigenvalue weighted by Gasteiger charge is -2.32. The van der Waals surface area contributed by atoms with Gasteiger partial charge in [-0.05, 0) is 337 Å². The molecule has 85 heavy (non-hydrogen) atoms. The van der Waals surface area contributed by atoms with Gasteiger partial charge in [0.2, 0.25) is 0 Å². The molecule has 1 saturated carbocycles. The molecule has 0 amide bonds. The summed E-state index contributed by atoms with van der Waals surface area (Å²) in [5.41, 5.74) is 4.37. The fraction of sp³-hybridized carbons (Fsp3) is 0.100. The Morgan fingerprint density at radius 2 is 0.494 bits per heavy atom. The highest BCUT2D eigenvalue weighted by molar-refractivity contribution is 6.82. The number of rotatable bonds is 9. The SMILES string of the molecule is CCOC(=O)C1(C(=O)OCc2ccc(CNCc3ccccc3)cc2)C23c4c5c6c7c8c9c(c%10c%11c2c2c4c4c%12c5c5c6c6c8c8c%13c9c9c%10c%10c%11c%11c2c2c4c4c%12c%12c5c5c6c8c6c8c%13c9c9c%10c%10c%11c2c2c4c4c%12c5c6c5c8c9c%10c2c45)C713. The second-order valence-corrected chi connectivity index (χ2v) is 29.2. The molecule has 0 unspecified atom stereocenters. The van der Waals surface area contributed by atoms with E-state index in [0.717, 1.165) is 24.2 Å². The number of esters is 2. The number of ether oxygens (including phenoxy) is 2. The van der Waals surface area contributed by atoms with E-state index >= 15 is 9.59 Å². The van der Waals surface area contributed by atoms with E-state index in [2.05, 4.69) is 59.9 Å². The van der Waals surface area contributed by atoms with Crippen molar-refractivity contribution in [3.63, 3.8) is 0 Å². The van der Waals surface area contributed by atoms with Gasteiger partial charge in [0.15, 0.2) is 5.41 Å². The maximum Gasteiger partial charge on any atom is 0.326 e. The van der Waals surface area contributed by atoms with Gasteiger partial charge in [0.25, 0.3) is 0 Å². The molecule has 5 aliphatic carbocycles. The van der Waals surface area contributed by atoms with Crippen LogP contribution in [0.25, 0.3) is 291 Å². The third-order valence-electron chi connectivity index (χ3n) is 28.2. The predicted octanol–water partition coefficient (Wildman–Crippen LogP) is 18.9. The maximum atomic E-state index is 17.5. The zero-order chi connectivity index (χ0) is 52.2. The normalized spacial score (nSPS) is 21.9. The summed E-state index contributed by atoms with van der Waals surface area (Å²) < 4.78 is 14.0. The summed E-state index contributed by atoms with van der Waals surface area (Å²) in [4.78, 5) is 34.7. The minimum absolute atomic E-state index is 0.0583. The van der Waals surface area contributed by atoms with Crippen molar-refractivity contribution < 1.29 is 19.1 Å². The van der Waals surface area contributed by atoms with Crippen molar-refractivity contribution in [2.75, 3.05) is 6.61 Å². The van der Waals surface area contributed by atoms with Crippen LogP contribution in [0.3, 0.4) is 0 Å². The van der Waals surface area contributed by atoms with Gasteiger partial charge in [-0.1, -0.05) is 54.6 Å². The molecule has 0 heterocycles. The van der Waals surface area contributed by atoms with Crippen molar-refractivity contribution in [1.29, 1.82) is 0 Å². The Balaban J connectivity index is 0.858. The Morgan fingerprint density at radius 3 is 0.741 bits per heavy atom. The van der Waals surface area contributed by atoms with Gasteiger partial charge in [0.05, 0.1) is 17.4 Å². The summed E-state index contributed by atoms with van der Waals surface area (Å²) >= 11 is 0. The summed E-state index contributed by atoms with van der Waals surface area (Å²) in [7, 11) is 0. The number of nitrogens with one attached hydrogen (secondary N) is 1. The Labute approximate surface area is 467 Å². The van der Waals surface area contributed by atoms with E-state index < -0.39 is 28.2 Å². The molecule has 5 heteroatoms. The van der Waals surface area contributed by atoms with Crippen LogP contribution in [0, 0.1) is 5.41 Å². The van der Waals surface area contributed by atoms with E-state index in [-0.39, 0.29) is 13.2 Å². The molecule has 2 spiro atoms. The van der Waals surface area contributed by atoms with Gasteiger partial charge in [0, 0.05) is 13.1 Å². The lowest BCUT2D eigenvalue weighted by atomic mass is 9.68. The molecule has 5 aliphatic rings. The van der Waals surface area contributed by atoms with Gasteiger partial charge in [-0.15, -0.1) is 0 Å². The fourth-order valence-corrected chi connectivity index (χ4v) is 27.5. The molecule has 30 aromatic rings. The lowest BCUT2D eigenvalue weighted by Crippen LogP contribution is -2.38. The molecule has 0 saturated heterocycles. The van der Waals surface area contributed by atoms with Gasteiger partial charge < -0.3 is 14.8 Å². The molecule has 0 aromatic heterocycles. The maximum absolute atomic E-state index is 17.5. The minimum Gasteiger partial charge on any atom is -0.465 e. The van der Waals surface area contributed by atoms with E-state index in [1.54, 1.807) is 53.9 Å². The molecule has 35 rings (SSSR count). The highest BCUT2D eigenvalue weighted by Gasteiger charge is 3.01. The molecular formula is C80H21NO4. The van der Waals surface area contributed by atoms with Crippen LogP contribution in [0.15, 0.2) is 54.6 Å². The van der Waals surface area contributed by atoms with Crippen molar-refractivity contribution in [2.45, 2.75) is 37.5 Å². The lowest BCUT2D eigenvalue weighted by molar-refractivity contribution is -0.167. The molecule has 0 bridgehead atoms. The smallest absolute Gasteiger partial charge is 0.326 e. The van der Waals surface area contributed by atoms with Crippen LogP contribution in [-0.2, 0) is 49.6 Å². The van der Waals surface area contributed by atoms with Crippen LogP contribution in [0.1, 0.15) is 45.9 Å². The molecule has 1 N–H and O–H groups in total. The Hall–Kier alpha value is -10.2. The molecule has 0 atom stereocenters. The van der Waals surface area contributed by atoms with Crippen LogP contribution in [-0.4, -0.2) is 18.5 Å². The van der Waals surface area contributed by atoms with Gasteiger partial charge in [-0.25, -0.2) is 0 Å². The number of benzene rings is 20. The molecule has 0 aliphatic heterocycles. The van der Waals surface area contributed by atoms with Gasteiger partial charge in [0.1, 0.15) is 6.61 Å². The zero-order valence-electron chi connectivity index (χ0n) is 44.2.